The van der Waals surface area contributed by atoms with Crippen molar-refractivity contribution < 1.29 is 38.2 Å². The number of thiazole rings is 1. The van der Waals surface area contributed by atoms with E-state index in [-0.39, 0.29) is 60.4 Å². The van der Waals surface area contributed by atoms with Crippen LogP contribution in [-0.4, -0.2) is 153 Å². The SMILES string of the molecule is COc1cc2ncnc(Nc3ccc(F)c(Cl)c3)c2cc1NC(=O)/C=C/CN1CCC(N2CCN(C(=O)CCc3ccc(CCC(=O)N[C@H](C(=O)N4C[C@H](O)C[C@H]4CC(=O)NCc4ccc(-c5scnc5C)cc4)C(C)(C)C)cc3)CC2)CC1. The molecular formula is C63H75ClFN11O7S. The van der Waals surface area contributed by atoms with Gasteiger partial charge in [0.1, 0.15) is 29.8 Å². The number of carbonyl (C=O) groups is 5. The minimum atomic E-state index is -0.862. The molecule has 3 atom stereocenters. The predicted octanol–water partition coefficient (Wildman–Crippen LogP) is 8.47. The quantitative estimate of drug-likeness (QED) is 0.0428. The lowest BCUT2D eigenvalue weighted by Crippen LogP contribution is -2.56. The van der Waals surface area contributed by atoms with Gasteiger partial charge in [-0.3, -0.25) is 33.8 Å². The smallest absolute Gasteiger partial charge is 0.248 e. The number of aromatic nitrogens is 3. The first-order valence-electron chi connectivity index (χ1n) is 28.8. The van der Waals surface area contributed by atoms with Crippen LogP contribution in [0.2, 0.25) is 5.02 Å². The van der Waals surface area contributed by atoms with Crippen LogP contribution in [0.4, 0.5) is 21.6 Å². The van der Waals surface area contributed by atoms with Crippen LogP contribution in [0.5, 0.6) is 5.75 Å². The average molecular weight is 1180 g/mol. The van der Waals surface area contributed by atoms with Crippen LogP contribution < -0.4 is 26.0 Å². The molecular weight excluding hydrogens is 1110 g/mol. The maximum atomic E-state index is 14.2. The third kappa shape index (κ3) is 16.1. The van der Waals surface area contributed by atoms with E-state index < -0.39 is 29.4 Å². The number of aryl methyl sites for hydroxylation is 3. The number of likely N-dealkylation sites (tertiary alicyclic amines) is 2. The number of halogens is 2. The van der Waals surface area contributed by atoms with Crippen LogP contribution in [0, 0.1) is 18.2 Å². The summed E-state index contributed by atoms with van der Waals surface area (Å²) in [5, 5.41) is 23.3. The number of nitrogens with zero attached hydrogens (tertiary/aromatic N) is 7. The summed E-state index contributed by atoms with van der Waals surface area (Å²) in [6.45, 7) is 13.6. The number of ether oxygens (including phenoxy) is 1. The molecule has 9 rings (SSSR count). The van der Waals surface area contributed by atoms with Gasteiger partial charge in [-0.15, -0.1) is 11.3 Å². The molecule has 0 unspecified atom stereocenters. The second kappa shape index (κ2) is 28.0. The number of anilines is 3. The molecule has 0 saturated carbocycles. The number of piperidine rings is 1. The minimum Gasteiger partial charge on any atom is -0.494 e. The molecule has 0 aliphatic carbocycles. The summed E-state index contributed by atoms with van der Waals surface area (Å²) in [5.41, 5.74) is 7.75. The van der Waals surface area contributed by atoms with E-state index in [0.717, 1.165) is 71.8 Å². The maximum Gasteiger partial charge on any atom is 0.248 e. The summed E-state index contributed by atoms with van der Waals surface area (Å²) in [7, 11) is 1.52. The molecule has 3 saturated heterocycles. The minimum absolute atomic E-state index is 0.0250. The first kappa shape index (κ1) is 61.2. The Balaban J connectivity index is 0.658. The molecule has 6 aromatic rings. The van der Waals surface area contributed by atoms with Crippen molar-refractivity contribution in [1.29, 1.82) is 0 Å². The van der Waals surface area contributed by atoms with Crippen LogP contribution >= 0.6 is 22.9 Å². The highest BCUT2D eigenvalue weighted by Gasteiger charge is 2.42. The second-order valence-electron chi connectivity index (χ2n) is 23.0. The van der Waals surface area contributed by atoms with Crippen molar-refractivity contribution >= 4 is 80.6 Å². The van der Waals surface area contributed by atoms with E-state index in [1.54, 1.807) is 34.4 Å². The van der Waals surface area contributed by atoms with Gasteiger partial charge in [-0.05, 0) is 104 Å². The van der Waals surface area contributed by atoms with E-state index in [4.69, 9.17) is 16.3 Å². The fourth-order valence-electron chi connectivity index (χ4n) is 11.2. The van der Waals surface area contributed by atoms with E-state index in [2.05, 4.69) is 46.0 Å². The molecule has 0 radical (unpaired) electrons. The zero-order valence-corrected chi connectivity index (χ0v) is 49.9. The van der Waals surface area contributed by atoms with Gasteiger partial charge in [-0.2, -0.15) is 0 Å². The average Bonchev–Trinajstić information content (AvgIpc) is 4.16. The molecule has 3 fully saturated rings. The van der Waals surface area contributed by atoms with Gasteiger partial charge in [-0.25, -0.2) is 19.3 Å². The lowest BCUT2D eigenvalue weighted by atomic mass is 9.85. The molecule has 5 heterocycles. The van der Waals surface area contributed by atoms with Crippen molar-refractivity contribution in [3.05, 3.63) is 136 Å². The van der Waals surface area contributed by atoms with Gasteiger partial charge in [-0.1, -0.05) is 87.0 Å². The Morgan fingerprint density at radius 1 is 0.869 bits per heavy atom. The molecule has 444 valence electrons. The molecule has 21 heteroatoms. The molecule has 18 nitrogen and oxygen atoms in total. The third-order valence-corrected chi connectivity index (χ3v) is 17.3. The molecule has 0 spiro atoms. The Morgan fingerprint density at radius 2 is 1.57 bits per heavy atom. The van der Waals surface area contributed by atoms with Crippen LogP contribution in [0.25, 0.3) is 21.3 Å². The van der Waals surface area contributed by atoms with Gasteiger partial charge in [0.15, 0.2) is 0 Å². The van der Waals surface area contributed by atoms with Crippen LogP contribution in [0.15, 0.2) is 103 Å². The summed E-state index contributed by atoms with van der Waals surface area (Å²) in [5.74, 6) is -0.609. The van der Waals surface area contributed by atoms with Crippen LogP contribution in [0.3, 0.4) is 0 Å². The summed E-state index contributed by atoms with van der Waals surface area (Å²) in [6, 6.07) is 22.8. The summed E-state index contributed by atoms with van der Waals surface area (Å²) < 4.78 is 19.4. The van der Waals surface area contributed by atoms with E-state index in [1.165, 1.54) is 31.6 Å². The molecule has 5 N–H and O–H groups in total. The van der Waals surface area contributed by atoms with Gasteiger partial charge in [0.05, 0.1) is 45.5 Å². The Hall–Kier alpha value is -7.36. The Bertz CT molecular complexity index is 3320. The van der Waals surface area contributed by atoms with Crippen molar-refractivity contribution in [1.82, 2.24) is 45.2 Å². The van der Waals surface area contributed by atoms with E-state index in [0.29, 0.717) is 85.3 Å². The summed E-state index contributed by atoms with van der Waals surface area (Å²) in [6.07, 6.45) is 8.01. The maximum absolute atomic E-state index is 14.2. The Kier molecular flexibility index (Phi) is 20.4. The highest BCUT2D eigenvalue weighted by molar-refractivity contribution is 7.13. The lowest BCUT2D eigenvalue weighted by Gasteiger charge is -2.42. The molecule has 84 heavy (non-hydrogen) atoms. The standard InChI is InChI=1S/C63H75ClFN11O7S/c1-40-59(84-39-69-40)44-16-12-43(13-17-44)36-66-57(80)33-47-32-48(77)37-76(47)62(82)60(63(2,3)4)72-56(79)20-14-41-8-10-42(11-9-41)15-21-58(81)75-29-27-74(28-30-75)46-22-25-73(26-23-46)24-6-7-55(78)71-53-34-49-52(35-54(53)83-5)67-38-68-61(49)70-45-18-19-51(65)50(64)31-45/h6-13,16-19,31,34-35,38-39,46-48,60,77H,14-15,20-30,32-33,36-37H2,1-5H3,(H,66,80)(H,71,78)(H,72,79)(H,67,68,70)/b7-6+/t47-,48+,60+/m0/s1. The predicted molar refractivity (Wildman–Crippen MR) is 326 cm³/mol. The fourth-order valence-corrected chi connectivity index (χ4v) is 12.2. The van der Waals surface area contributed by atoms with Gasteiger partial charge in [0.2, 0.25) is 29.5 Å². The monoisotopic (exact) mass is 1180 g/mol. The first-order chi connectivity index (χ1) is 40.4. The normalized spacial score (nSPS) is 17.6. The van der Waals surface area contributed by atoms with Crippen molar-refractivity contribution in [3.63, 3.8) is 0 Å². The van der Waals surface area contributed by atoms with Gasteiger partial charge in [0.25, 0.3) is 0 Å². The van der Waals surface area contributed by atoms with Crippen LogP contribution in [0.1, 0.15) is 81.7 Å². The van der Waals surface area contributed by atoms with Crippen molar-refractivity contribution in [2.24, 2.45) is 5.41 Å². The topological polar surface area (TPSA) is 215 Å². The zero-order chi connectivity index (χ0) is 59.5. The highest BCUT2D eigenvalue weighted by Crippen LogP contribution is 2.35. The number of hydrogen-bond donors (Lipinski definition) is 5. The van der Waals surface area contributed by atoms with E-state index in [1.807, 2.05) is 92.7 Å². The summed E-state index contributed by atoms with van der Waals surface area (Å²) >= 11 is 7.58. The number of β-amino-alcohol motifs (C(OH)–C–C–N with tert-alkyl or cyclic N) is 1. The van der Waals surface area contributed by atoms with Crippen molar-refractivity contribution in [3.8, 4) is 16.2 Å². The second-order valence-corrected chi connectivity index (χ2v) is 24.3. The summed E-state index contributed by atoms with van der Waals surface area (Å²) in [4.78, 5) is 89.9. The number of amides is 5. The zero-order valence-electron chi connectivity index (χ0n) is 48.3. The first-order valence-corrected chi connectivity index (χ1v) is 30.0. The molecule has 3 aliphatic rings. The Morgan fingerprint density at radius 3 is 2.24 bits per heavy atom. The number of aliphatic hydroxyl groups is 1. The van der Waals surface area contributed by atoms with Crippen molar-refractivity contribution in [2.45, 2.75) is 110 Å². The number of aliphatic hydroxyl groups excluding tert-OH is 1. The molecule has 0 bridgehead atoms. The number of hydrogen-bond acceptors (Lipinski definition) is 14. The number of methoxy groups -OCH3 is 1. The van der Waals surface area contributed by atoms with E-state index in [9.17, 15) is 33.5 Å². The third-order valence-electron chi connectivity index (χ3n) is 16.0. The van der Waals surface area contributed by atoms with Crippen LogP contribution in [-0.2, 0) is 43.4 Å². The number of fused-ring (bicyclic) bond motifs is 1. The van der Waals surface area contributed by atoms with E-state index >= 15 is 0 Å². The number of carbonyl (C=O) groups excluding carboxylic acids is 5. The largest absolute Gasteiger partial charge is 0.494 e. The van der Waals surface area contributed by atoms with Gasteiger partial charge < -0.3 is 40.9 Å². The number of piperazine rings is 1. The lowest BCUT2D eigenvalue weighted by molar-refractivity contribution is -0.141. The molecule has 4 aromatic carbocycles. The van der Waals surface area contributed by atoms with Gasteiger partial charge >= 0.3 is 0 Å². The molecule has 3 aliphatic heterocycles. The highest BCUT2D eigenvalue weighted by atomic mass is 35.5. The number of benzene rings is 4. The number of nitrogens with one attached hydrogen (secondary N) is 4. The fraction of sp³-hybridized carbons (Fsp3) is 0.429. The Labute approximate surface area is 499 Å². The molecule has 5 amide bonds. The molecule has 2 aromatic heterocycles. The van der Waals surface area contributed by atoms with Crippen molar-refractivity contribution in [2.75, 3.05) is 70.1 Å². The number of rotatable bonds is 21. The van der Waals surface area contributed by atoms with Gasteiger partial charge in [0, 0.05) is 100 Å².